The molecule has 0 aromatic rings. The summed E-state index contributed by atoms with van der Waals surface area (Å²) in [6, 6.07) is 0.752. The van der Waals surface area contributed by atoms with E-state index in [9.17, 15) is 30.0 Å². The first-order valence-corrected chi connectivity index (χ1v) is 24.4. The molecule has 10 heteroatoms. The number of fused-ring (bicyclic) bond motifs is 4. The standard InChI is InChI=1S/C50H78N4O6/c1-23(2)39-31-19-25(5)41(47(57)43(31)33(45(55)49(39)59)21-53-37-17-9-11-27-29(37)13-7-15-35(27)51)42-26(6)20-32-40(24(3)4)50(60)46(56)34(44(32)48(42)58)22-54-38-18-10-12-28-30(38)14-8-16-36(28)52/h21-32,35-38,41-44,47-48,53-54,57-60H,7-20,51-52H2,1-6H3/b33-21-,34-22+. The molecule has 0 aromatic heterocycles. The van der Waals surface area contributed by atoms with Crippen molar-refractivity contribution in [3.8, 4) is 0 Å². The lowest BCUT2D eigenvalue weighted by Crippen LogP contribution is -2.58. The predicted octanol–water partition coefficient (Wildman–Crippen LogP) is 7.13. The number of nitrogens with two attached hydrogens (primary N) is 2. The van der Waals surface area contributed by atoms with Crippen LogP contribution in [-0.4, -0.2) is 68.4 Å². The lowest BCUT2D eigenvalue weighted by Gasteiger charge is -2.56. The van der Waals surface area contributed by atoms with E-state index in [1.54, 1.807) is 0 Å². The zero-order chi connectivity index (χ0) is 42.9. The molecule has 0 saturated heterocycles. The Morgan fingerprint density at radius 2 is 0.917 bits per heavy atom. The van der Waals surface area contributed by atoms with Crippen LogP contribution in [0.3, 0.4) is 0 Å². The summed E-state index contributed by atoms with van der Waals surface area (Å²) in [6.07, 6.45) is 16.0. The normalized spacial score (nSPS) is 46.3. The van der Waals surface area contributed by atoms with Crippen LogP contribution < -0.4 is 22.1 Å². The first-order valence-electron chi connectivity index (χ1n) is 24.4. The van der Waals surface area contributed by atoms with E-state index in [4.69, 9.17) is 11.5 Å². The molecule has 10 nitrogen and oxygen atoms in total. The molecule has 0 aromatic carbocycles. The molecule has 8 rings (SSSR count). The number of carbonyl (C=O) groups is 2. The molecule has 8 aliphatic carbocycles. The van der Waals surface area contributed by atoms with Crippen molar-refractivity contribution in [1.82, 2.24) is 10.6 Å². The highest BCUT2D eigenvalue weighted by Gasteiger charge is 2.59. The maximum atomic E-state index is 14.4. The molecule has 0 aliphatic heterocycles. The monoisotopic (exact) mass is 831 g/mol. The van der Waals surface area contributed by atoms with Crippen LogP contribution >= 0.6 is 0 Å². The van der Waals surface area contributed by atoms with Gasteiger partial charge >= 0.3 is 0 Å². The van der Waals surface area contributed by atoms with Gasteiger partial charge in [-0.2, -0.15) is 0 Å². The Morgan fingerprint density at radius 1 is 0.567 bits per heavy atom. The summed E-state index contributed by atoms with van der Waals surface area (Å²) >= 11 is 0. The Bertz CT molecular complexity index is 1640. The fraction of sp³-hybridized carbons (Fsp3) is 0.800. The van der Waals surface area contributed by atoms with E-state index in [0.717, 1.165) is 88.2 Å². The summed E-state index contributed by atoms with van der Waals surface area (Å²) in [6.45, 7) is 12.4. The van der Waals surface area contributed by atoms with Crippen molar-refractivity contribution >= 4 is 11.6 Å². The SMILES string of the molecule is CC(C)C1=C(O)C(=O)/C(=C\NC2CCCC3C(N)CCCC23)C2C1CC(C)C(C1C(C)CC3C(C(C)C)=C(O)C(=O)/C(=C/NC4CCCC5C(N)CCCC45)C3C1O)C2O. The molecule has 18 atom stereocenters. The first kappa shape index (κ1) is 44.0. The largest absolute Gasteiger partial charge is 0.504 e. The molecule has 18 unspecified atom stereocenters. The third-order valence-electron chi connectivity index (χ3n) is 18.1. The number of aliphatic hydroxyl groups excluding tert-OH is 4. The van der Waals surface area contributed by atoms with Gasteiger partial charge in [-0.05, 0) is 146 Å². The smallest absolute Gasteiger partial charge is 0.225 e. The van der Waals surface area contributed by atoms with E-state index in [2.05, 4.69) is 24.5 Å². The zero-order valence-electron chi connectivity index (χ0n) is 37.4. The minimum absolute atomic E-state index is 0.0419. The van der Waals surface area contributed by atoms with Gasteiger partial charge in [0.05, 0.1) is 12.2 Å². The molecule has 0 heterocycles. The van der Waals surface area contributed by atoms with Crippen LogP contribution in [-0.2, 0) is 9.59 Å². The molecule has 10 N–H and O–H groups in total. The molecule has 334 valence electrons. The maximum absolute atomic E-state index is 14.4. The quantitative estimate of drug-likeness (QED) is 0.123. The van der Waals surface area contributed by atoms with Gasteiger partial charge in [-0.1, -0.05) is 67.2 Å². The van der Waals surface area contributed by atoms with Crippen LogP contribution in [0.1, 0.15) is 131 Å². The summed E-state index contributed by atoms with van der Waals surface area (Å²) in [5.41, 5.74) is 15.6. The third kappa shape index (κ3) is 7.53. The zero-order valence-corrected chi connectivity index (χ0v) is 37.4. The number of carbonyl (C=O) groups excluding carboxylic acids is 2. The number of rotatable bonds is 7. The van der Waals surface area contributed by atoms with Crippen LogP contribution in [0, 0.1) is 82.9 Å². The van der Waals surface area contributed by atoms with E-state index < -0.39 is 35.6 Å². The lowest BCUT2D eigenvalue weighted by molar-refractivity contribution is -0.135. The topological polar surface area (TPSA) is 191 Å². The van der Waals surface area contributed by atoms with Crippen LogP contribution in [0.5, 0.6) is 0 Å². The maximum Gasteiger partial charge on any atom is 0.225 e. The van der Waals surface area contributed by atoms with Gasteiger partial charge < -0.3 is 42.5 Å². The molecule has 8 aliphatic rings. The molecule has 0 bridgehead atoms. The molecule has 6 fully saturated rings. The van der Waals surface area contributed by atoms with Crippen molar-refractivity contribution in [2.45, 2.75) is 168 Å². The van der Waals surface area contributed by atoms with Gasteiger partial charge in [-0.25, -0.2) is 0 Å². The highest BCUT2D eigenvalue weighted by molar-refractivity contribution is 6.09. The Labute approximate surface area is 359 Å². The highest BCUT2D eigenvalue weighted by Crippen LogP contribution is 2.58. The third-order valence-corrected chi connectivity index (χ3v) is 18.1. The lowest BCUT2D eigenvalue weighted by atomic mass is 9.50. The Kier molecular flexibility index (Phi) is 12.8. The number of hydrogen-bond acceptors (Lipinski definition) is 10. The second-order valence-electron chi connectivity index (χ2n) is 21.9. The van der Waals surface area contributed by atoms with Gasteiger partial charge in [0.25, 0.3) is 0 Å². The minimum Gasteiger partial charge on any atom is -0.504 e. The minimum atomic E-state index is -0.966. The number of ketones is 2. The molecule has 6 saturated carbocycles. The number of hydrogen-bond donors (Lipinski definition) is 8. The highest BCUT2D eigenvalue weighted by atomic mass is 16.3. The van der Waals surface area contributed by atoms with Crippen molar-refractivity contribution in [1.29, 1.82) is 0 Å². The second kappa shape index (κ2) is 17.5. The van der Waals surface area contributed by atoms with Gasteiger partial charge in [-0.15, -0.1) is 0 Å². The first-order chi connectivity index (χ1) is 28.6. The number of nitrogens with one attached hydrogen (secondary N) is 2. The summed E-state index contributed by atoms with van der Waals surface area (Å²) in [5.74, 6) is -1.94. The molecule has 0 amide bonds. The van der Waals surface area contributed by atoms with Crippen molar-refractivity contribution in [2.24, 2.45) is 94.3 Å². The van der Waals surface area contributed by atoms with Gasteiger partial charge in [-0.3, -0.25) is 9.59 Å². The molecule has 60 heavy (non-hydrogen) atoms. The van der Waals surface area contributed by atoms with Gasteiger partial charge in [0.1, 0.15) is 0 Å². The summed E-state index contributed by atoms with van der Waals surface area (Å²) < 4.78 is 0. The van der Waals surface area contributed by atoms with Crippen molar-refractivity contribution in [2.75, 3.05) is 0 Å². The summed E-state index contributed by atoms with van der Waals surface area (Å²) in [4.78, 5) is 28.7. The van der Waals surface area contributed by atoms with E-state index in [1.807, 2.05) is 40.1 Å². The van der Waals surface area contributed by atoms with Crippen molar-refractivity contribution in [3.05, 3.63) is 46.2 Å². The van der Waals surface area contributed by atoms with Crippen LogP contribution in [0.4, 0.5) is 0 Å². The number of allylic oxidation sites excluding steroid dienone is 4. The van der Waals surface area contributed by atoms with Crippen LogP contribution in [0.15, 0.2) is 46.2 Å². The van der Waals surface area contributed by atoms with Crippen LogP contribution in [0.2, 0.25) is 0 Å². The van der Waals surface area contributed by atoms with Crippen molar-refractivity contribution in [3.63, 3.8) is 0 Å². The summed E-state index contributed by atoms with van der Waals surface area (Å²) in [5, 5.41) is 56.5. The Hall–Kier alpha value is -2.66. The van der Waals surface area contributed by atoms with E-state index >= 15 is 0 Å². The number of aliphatic hydroxyl groups is 4. The fourth-order valence-electron chi connectivity index (χ4n) is 15.5. The van der Waals surface area contributed by atoms with Gasteiger partial charge in [0.15, 0.2) is 11.5 Å². The Balaban J connectivity index is 1.13. The van der Waals surface area contributed by atoms with Crippen molar-refractivity contribution < 1.29 is 30.0 Å². The van der Waals surface area contributed by atoms with E-state index in [1.165, 1.54) is 0 Å². The van der Waals surface area contributed by atoms with Gasteiger partial charge in [0.2, 0.25) is 11.6 Å². The molecule has 0 radical (unpaired) electrons. The number of Topliss-reactive ketones (excluding diaryl/α,β-unsaturated/α-hetero) is 2. The Morgan fingerprint density at radius 3 is 1.28 bits per heavy atom. The molecular weight excluding hydrogens is 753 g/mol. The van der Waals surface area contributed by atoms with E-state index in [0.29, 0.717) is 47.7 Å². The fourth-order valence-corrected chi connectivity index (χ4v) is 15.5. The molecule has 0 spiro atoms. The average Bonchev–Trinajstić information content (AvgIpc) is 3.20. The second-order valence-corrected chi connectivity index (χ2v) is 21.9. The molecular formula is C50H78N4O6. The average molecular weight is 831 g/mol. The van der Waals surface area contributed by atoms with Crippen LogP contribution in [0.25, 0.3) is 0 Å². The summed E-state index contributed by atoms with van der Waals surface area (Å²) in [7, 11) is 0. The van der Waals surface area contributed by atoms with Gasteiger partial charge in [0, 0.05) is 59.5 Å². The predicted molar refractivity (Wildman–Crippen MR) is 235 cm³/mol. The van der Waals surface area contributed by atoms with E-state index in [-0.39, 0.29) is 83.0 Å².